The van der Waals surface area contributed by atoms with E-state index in [4.69, 9.17) is 21.1 Å². The summed E-state index contributed by atoms with van der Waals surface area (Å²) < 4.78 is 10.3. The Labute approximate surface area is 180 Å². The van der Waals surface area contributed by atoms with Gasteiger partial charge in [-0.3, -0.25) is 9.59 Å². The second-order valence-corrected chi connectivity index (χ2v) is 7.33. The van der Waals surface area contributed by atoms with Crippen molar-refractivity contribution in [1.82, 2.24) is 4.90 Å². The number of Topliss-reactive ketones (excluding diaryl/α,β-unsaturated/α-hetero) is 1. The number of aliphatic hydroxyl groups is 1. The van der Waals surface area contributed by atoms with E-state index in [1.165, 1.54) is 25.2 Å². The molecule has 1 heterocycles. The van der Waals surface area contributed by atoms with E-state index in [1.54, 1.807) is 12.1 Å². The minimum absolute atomic E-state index is 0.00416. The number of nitrogens with zero attached hydrogens (tertiary/aromatic N) is 1. The number of amides is 1. The number of likely N-dealkylation sites (tertiary alicyclic amines) is 1. The molecule has 1 aliphatic rings. The Morgan fingerprint density at radius 1 is 1.13 bits per heavy atom. The van der Waals surface area contributed by atoms with Crippen LogP contribution in [-0.2, 0) is 20.7 Å². The summed E-state index contributed by atoms with van der Waals surface area (Å²) in [6.45, 7) is 2.52. The number of carbonyl (C=O) groups excluding carboxylic acids is 2. The first-order valence-corrected chi connectivity index (χ1v) is 10.0. The lowest BCUT2D eigenvalue weighted by Crippen LogP contribution is -2.32. The first-order valence-electron chi connectivity index (χ1n) is 9.63. The molecule has 3 rings (SSSR count). The number of aryl methyl sites for hydroxylation is 1. The Morgan fingerprint density at radius 2 is 1.83 bits per heavy atom. The normalized spacial score (nSPS) is 18.1. The minimum Gasteiger partial charge on any atom is -0.507 e. The van der Waals surface area contributed by atoms with Crippen LogP contribution in [0.5, 0.6) is 5.75 Å². The van der Waals surface area contributed by atoms with Crippen LogP contribution < -0.4 is 4.74 Å². The first kappa shape index (κ1) is 21.9. The summed E-state index contributed by atoms with van der Waals surface area (Å²) in [4.78, 5) is 27.2. The summed E-state index contributed by atoms with van der Waals surface area (Å²) in [5.41, 5.74) is 2.08. The van der Waals surface area contributed by atoms with E-state index in [1.807, 2.05) is 31.2 Å². The van der Waals surface area contributed by atoms with Gasteiger partial charge in [0, 0.05) is 19.2 Å². The predicted octanol–water partition coefficient (Wildman–Crippen LogP) is 3.98. The van der Waals surface area contributed by atoms with E-state index in [0.717, 1.165) is 17.5 Å². The molecule has 1 amide bonds. The standard InChI is InChI=1S/C23H24ClNO5/c1-4-14-5-7-15(8-6-14)20-19(22(27)23(28)25(20)11-12-29-2)21(26)17-13-16(30-3)9-10-18(17)24/h5-10,13,20,26H,4,11-12H2,1-3H3/b21-19+. The Hall–Kier alpha value is -2.83. The molecular formula is C23H24ClNO5. The molecule has 1 saturated heterocycles. The lowest BCUT2D eigenvalue weighted by Gasteiger charge is -2.25. The number of aliphatic hydroxyl groups excluding tert-OH is 1. The third-order valence-corrected chi connectivity index (χ3v) is 5.54. The molecule has 2 aromatic rings. The van der Waals surface area contributed by atoms with Gasteiger partial charge < -0.3 is 19.5 Å². The summed E-state index contributed by atoms with van der Waals surface area (Å²) in [6.07, 6.45) is 0.865. The Balaban J connectivity index is 2.19. The van der Waals surface area contributed by atoms with E-state index in [0.29, 0.717) is 5.75 Å². The first-order chi connectivity index (χ1) is 14.4. The molecule has 0 saturated carbocycles. The van der Waals surface area contributed by atoms with E-state index in [9.17, 15) is 14.7 Å². The van der Waals surface area contributed by atoms with Crippen LogP contribution in [-0.4, -0.2) is 49.1 Å². The van der Waals surface area contributed by atoms with Gasteiger partial charge in [0.1, 0.15) is 11.5 Å². The van der Waals surface area contributed by atoms with Gasteiger partial charge in [0.2, 0.25) is 0 Å². The van der Waals surface area contributed by atoms with Crippen molar-refractivity contribution < 1.29 is 24.2 Å². The van der Waals surface area contributed by atoms with Crippen molar-refractivity contribution in [1.29, 1.82) is 0 Å². The quantitative estimate of drug-likeness (QED) is 0.409. The van der Waals surface area contributed by atoms with Crippen molar-refractivity contribution in [3.05, 3.63) is 69.8 Å². The zero-order valence-electron chi connectivity index (χ0n) is 17.1. The van der Waals surface area contributed by atoms with Crippen LogP contribution in [0.25, 0.3) is 5.76 Å². The fourth-order valence-electron chi connectivity index (χ4n) is 3.54. The molecule has 1 atom stereocenters. The number of ether oxygens (including phenoxy) is 2. The molecule has 1 fully saturated rings. The number of benzene rings is 2. The predicted molar refractivity (Wildman–Crippen MR) is 115 cm³/mol. The van der Waals surface area contributed by atoms with E-state index < -0.39 is 17.7 Å². The number of hydrogen-bond donors (Lipinski definition) is 1. The van der Waals surface area contributed by atoms with Crippen molar-refractivity contribution >= 4 is 29.1 Å². The third-order valence-electron chi connectivity index (χ3n) is 5.21. The minimum atomic E-state index is -0.757. The fourth-order valence-corrected chi connectivity index (χ4v) is 3.75. The molecule has 6 nitrogen and oxygen atoms in total. The van der Waals surface area contributed by atoms with Gasteiger partial charge in [-0.15, -0.1) is 0 Å². The number of ketones is 1. The summed E-state index contributed by atoms with van der Waals surface area (Å²) >= 11 is 6.28. The fraction of sp³-hybridized carbons (Fsp3) is 0.304. The number of hydrogen-bond acceptors (Lipinski definition) is 5. The van der Waals surface area contributed by atoms with Crippen molar-refractivity contribution in [2.75, 3.05) is 27.4 Å². The lowest BCUT2D eigenvalue weighted by atomic mass is 9.94. The van der Waals surface area contributed by atoms with Gasteiger partial charge in [0.15, 0.2) is 0 Å². The van der Waals surface area contributed by atoms with Crippen LogP contribution in [0.3, 0.4) is 0 Å². The van der Waals surface area contributed by atoms with Gasteiger partial charge in [0.05, 0.1) is 30.4 Å². The Kier molecular flexibility index (Phi) is 6.80. The molecule has 1 aliphatic heterocycles. The molecule has 0 bridgehead atoms. The monoisotopic (exact) mass is 429 g/mol. The van der Waals surface area contributed by atoms with Crippen LogP contribution >= 0.6 is 11.6 Å². The van der Waals surface area contributed by atoms with Gasteiger partial charge in [-0.2, -0.15) is 0 Å². The van der Waals surface area contributed by atoms with Crippen LogP contribution in [0.15, 0.2) is 48.0 Å². The van der Waals surface area contributed by atoms with Gasteiger partial charge >= 0.3 is 0 Å². The largest absolute Gasteiger partial charge is 0.507 e. The number of halogens is 1. The van der Waals surface area contributed by atoms with Crippen LogP contribution in [0, 0.1) is 0 Å². The Morgan fingerprint density at radius 3 is 2.43 bits per heavy atom. The molecule has 1 unspecified atom stereocenters. The highest BCUT2D eigenvalue weighted by Gasteiger charge is 2.46. The number of carbonyl (C=O) groups is 2. The highest BCUT2D eigenvalue weighted by Crippen LogP contribution is 2.41. The summed E-state index contributed by atoms with van der Waals surface area (Å²) in [7, 11) is 3.02. The summed E-state index contributed by atoms with van der Waals surface area (Å²) in [5.74, 6) is -1.30. The maximum Gasteiger partial charge on any atom is 0.295 e. The molecule has 0 spiro atoms. The van der Waals surface area contributed by atoms with Gasteiger partial charge in [-0.05, 0) is 35.7 Å². The van der Waals surface area contributed by atoms with Crippen LogP contribution in [0.2, 0.25) is 5.02 Å². The van der Waals surface area contributed by atoms with Crippen molar-refractivity contribution in [2.45, 2.75) is 19.4 Å². The molecule has 0 aliphatic carbocycles. The average Bonchev–Trinajstić information content (AvgIpc) is 3.02. The molecule has 7 heteroatoms. The Bertz CT molecular complexity index is 984. The van der Waals surface area contributed by atoms with Crippen LogP contribution in [0.1, 0.15) is 29.7 Å². The number of methoxy groups -OCH3 is 2. The maximum atomic E-state index is 12.9. The van der Waals surface area contributed by atoms with Crippen LogP contribution in [0.4, 0.5) is 0 Å². The second-order valence-electron chi connectivity index (χ2n) is 6.93. The zero-order valence-corrected chi connectivity index (χ0v) is 17.9. The highest BCUT2D eigenvalue weighted by atomic mass is 35.5. The van der Waals surface area contributed by atoms with Gasteiger partial charge in [-0.25, -0.2) is 0 Å². The molecule has 0 aromatic heterocycles. The van der Waals surface area contributed by atoms with Crippen molar-refractivity contribution in [3.8, 4) is 5.75 Å². The number of rotatable bonds is 7. The van der Waals surface area contributed by atoms with Gasteiger partial charge in [0.25, 0.3) is 11.7 Å². The average molecular weight is 430 g/mol. The van der Waals surface area contributed by atoms with E-state index in [2.05, 4.69) is 0 Å². The zero-order chi connectivity index (χ0) is 21.8. The molecule has 30 heavy (non-hydrogen) atoms. The summed E-state index contributed by atoms with van der Waals surface area (Å²) in [6, 6.07) is 11.7. The van der Waals surface area contributed by atoms with E-state index in [-0.39, 0.29) is 35.1 Å². The van der Waals surface area contributed by atoms with Crippen molar-refractivity contribution in [2.24, 2.45) is 0 Å². The maximum absolute atomic E-state index is 12.9. The van der Waals surface area contributed by atoms with Crippen molar-refractivity contribution in [3.63, 3.8) is 0 Å². The molecule has 0 radical (unpaired) electrons. The summed E-state index contributed by atoms with van der Waals surface area (Å²) in [5, 5.41) is 11.3. The molecular weight excluding hydrogens is 406 g/mol. The second kappa shape index (κ2) is 9.32. The SMILES string of the molecule is CCc1ccc(C2/C(=C(\O)c3cc(OC)ccc3Cl)C(=O)C(=O)N2CCOC)cc1. The molecule has 158 valence electrons. The lowest BCUT2D eigenvalue weighted by molar-refractivity contribution is -0.140. The topological polar surface area (TPSA) is 76.1 Å². The van der Waals surface area contributed by atoms with E-state index >= 15 is 0 Å². The highest BCUT2D eigenvalue weighted by molar-refractivity contribution is 6.47. The third kappa shape index (κ3) is 4.06. The molecule has 1 N–H and O–H groups in total. The molecule has 2 aromatic carbocycles. The van der Waals surface area contributed by atoms with Gasteiger partial charge in [-0.1, -0.05) is 42.8 Å². The smallest absolute Gasteiger partial charge is 0.295 e.